The number of nitrogens with one attached hydrogen (secondary N) is 1. The summed E-state index contributed by atoms with van der Waals surface area (Å²) >= 11 is 2.94. The van der Waals surface area contributed by atoms with Crippen LogP contribution in [0.3, 0.4) is 0 Å². The number of anilines is 1. The van der Waals surface area contributed by atoms with Crippen LogP contribution in [-0.4, -0.2) is 24.7 Å². The van der Waals surface area contributed by atoms with Gasteiger partial charge in [0.1, 0.15) is 5.25 Å². The minimum Gasteiger partial charge on any atom is -0.454 e. The van der Waals surface area contributed by atoms with Gasteiger partial charge in [0.25, 0.3) is 5.91 Å². The zero-order chi connectivity index (χ0) is 20.5. The van der Waals surface area contributed by atoms with Gasteiger partial charge in [0.05, 0.1) is 5.69 Å². The molecular weight excluding hydrogens is 402 g/mol. The second kappa shape index (κ2) is 10.7. The van der Waals surface area contributed by atoms with Gasteiger partial charge in [-0.1, -0.05) is 60.7 Å². The Morgan fingerprint density at radius 1 is 0.897 bits per heavy atom. The van der Waals surface area contributed by atoms with E-state index in [0.717, 1.165) is 15.4 Å². The Kier molecular flexibility index (Phi) is 7.78. The van der Waals surface area contributed by atoms with Crippen LogP contribution in [0.25, 0.3) is 0 Å². The summed E-state index contributed by atoms with van der Waals surface area (Å²) in [4.78, 5) is 27.0. The minimum atomic E-state index is -0.551. The van der Waals surface area contributed by atoms with Gasteiger partial charge >= 0.3 is 5.97 Å². The number of benzene rings is 3. The predicted molar refractivity (Wildman–Crippen MR) is 119 cm³/mol. The maximum atomic E-state index is 12.8. The van der Waals surface area contributed by atoms with E-state index in [2.05, 4.69) is 5.32 Å². The van der Waals surface area contributed by atoms with Gasteiger partial charge in [0.2, 0.25) is 0 Å². The van der Waals surface area contributed by atoms with Crippen molar-refractivity contribution in [3.63, 3.8) is 0 Å². The van der Waals surface area contributed by atoms with E-state index in [1.807, 2.05) is 91.2 Å². The van der Waals surface area contributed by atoms with E-state index >= 15 is 0 Å². The number of para-hydroxylation sites is 1. The molecule has 0 heterocycles. The lowest BCUT2D eigenvalue weighted by atomic mass is 10.1. The Balaban J connectivity index is 1.66. The average molecular weight is 424 g/mol. The van der Waals surface area contributed by atoms with Crippen molar-refractivity contribution in [2.45, 2.75) is 15.0 Å². The van der Waals surface area contributed by atoms with Crippen LogP contribution in [0, 0.1) is 0 Å². The molecule has 1 N–H and O–H groups in total. The highest BCUT2D eigenvalue weighted by Gasteiger charge is 2.24. The molecule has 6 heteroatoms. The Labute approximate surface area is 179 Å². The van der Waals surface area contributed by atoms with Gasteiger partial charge < -0.3 is 10.1 Å². The molecule has 0 aliphatic heterocycles. The van der Waals surface area contributed by atoms with Crippen LogP contribution in [0.4, 0.5) is 5.69 Å². The van der Waals surface area contributed by atoms with Gasteiger partial charge in [-0.2, -0.15) is 0 Å². The number of rotatable bonds is 8. The van der Waals surface area contributed by atoms with Crippen LogP contribution in [0.2, 0.25) is 0 Å². The van der Waals surface area contributed by atoms with Crippen LogP contribution >= 0.6 is 23.5 Å². The summed E-state index contributed by atoms with van der Waals surface area (Å²) in [7, 11) is 0. The molecule has 0 spiro atoms. The van der Waals surface area contributed by atoms with Gasteiger partial charge in [-0.25, -0.2) is 0 Å². The third kappa shape index (κ3) is 6.14. The summed E-state index contributed by atoms with van der Waals surface area (Å²) in [5.41, 5.74) is 1.54. The number of amides is 1. The van der Waals surface area contributed by atoms with Gasteiger partial charge in [-0.15, -0.1) is 23.5 Å². The van der Waals surface area contributed by atoms with Crippen LogP contribution in [0.15, 0.2) is 94.7 Å². The fraction of sp³-hybridized carbons (Fsp3) is 0.130. The lowest BCUT2D eigenvalue weighted by molar-refractivity contribution is -0.146. The third-order valence-electron chi connectivity index (χ3n) is 4.04. The molecule has 0 unspecified atom stereocenters. The number of ether oxygens (including phenoxy) is 1. The molecule has 1 atom stereocenters. The lowest BCUT2D eigenvalue weighted by Gasteiger charge is -2.16. The molecule has 29 heavy (non-hydrogen) atoms. The highest BCUT2D eigenvalue weighted by atomic mass is 32.2. The highest BCUT2D eigenvalue weighted by molar-refractivity contribution is 8.00. The molecular formula is C23H21NO3S2. The average Bonchev–Trinajstić information content (AvgIpc) is 2.77. The number of hydrogen-bond acceptors (Lipinski definition) is 5. The predicted octanol–water partition coefficient (Wildman–Crippen LogP) is 5.42. The maximum Gasteiger partial charge on any atom is 0.324 e. The largest absolute Gasteiger partial charge is 0.454 e. The van der Waals surface area contributed by atoms with Crippen molar-refractivity contribution in [2.24, 2.45) is 0 Å². The molecule has 1 amide bonds. The van der Waals surface area contributed by atoms with E-state index in [1.54, 1.807) is 0 Å². The van der Waals surface area contributed by atoms with Crippen molar-refractivity contribution in [3.8, 4) is 0 Å². The molecule has 0 aliphatic carbocycles. The number of esters is 1. The normalized spacial score (nSPS) is 11.5. The molecule has 0 aliphatic rings. The van der Waals surface area contributed by atoms with Crippen molar-refractivity contribution < 1.29 is 14.3 Å². The monoisotopic (exact) mass is 423 g/mol. The quantitative estimate of drug-likeness (QED) is 0.387. The fourth-order valence-corrected chi connectivity index (χ4v) is 4.26. The number of carbonyl (C=O) groups excluding carboxylic acids is 2. The fourth-order valence-electron chi connectivity index (χ4n) is 2.66. The smallest absolute Gasteiger partial charge is 0.324 e. The van der Waals surface area contributed by atoms with Crippen LogP contribution in [0.5, 0.6) is 0 Å². The Morgan fingerprint density at radius 3 is 2.21 bits per heavy atom. The van der Waals surface area contributed by atoms with Crippen molar-refractivity contribution in [3.05, 3.63) is 90.5 Å². The first-order valence-electron chi connectivity index (χ1n) is 9.03. The first-order valence-corrected chi connectivity index (χ1v) is 11.1. The Morgan fingerprint density at radius 2 is 1.52 bits per heavy atom. The first-order chi connectivity index (χ1) is 14.2. The van der Waals surface area contributed by atoms with E-state index in [9.17, 15) is 9.59 Å². The Bertz CT molecular complexity index is 949. The lowest BCUT2D eigenvalue weighted by Crippen LogP contribution is -2.23. The molecule has 3 aromatic carbocycles. The Hall–Kier alpha value is -2.70. The van der Waals surface area contributed by atoms with Gasteiger partial charge in [-0.05, 0) is 36.1 Å². The van der Waals surface area contributed by atoms with Crippen LogP contribution in [-0.2, 0) is 14.3 Å². The highest BCUT2D eigenvalue weighted by Crippen LogP contribution is 2.36. The van der Waals surface area contributed by atoms with Crippen molar-refractivity contribution >= 4 is 41.1 Å². The number of carbonyl (C=O) groups is 2. The molecule has 3 aromatic rings. The minimum absolute atomic E-state index is 0.333. The van der Waals surface area contributed by atoms with Crippen molar-refractivity contribution in [1.82, 2.24) is 0 Å². The maximum absolute atomic E-state index is 12.8. The summed E-state index contributed by atoms with van der Waals surface area (Å²) < 4.78 is 5.36. The van der Waals surface area contributed by atoms with Crippen molar-refractivity contribution in [2.75, 3.05) is 18.2 Å². The van der Waals surface area contributed by atoms with E-state index < -0.39 is 11.2 Å². The molecule has 3 rings (SSSR count). The van der Waals surface area contributed by atoms with E-state index in [0.29, 0.717) is 5.69 Å². The molecule has 0 bridgehead atoms. The van der Waals surface area contributed by atoms with E-state index in [-0.39, 0.29) is 12.5 Å². The van der Waals surface area contributed by atoms with E-state index in [4.69, 9.17) is 4.74 Å². The number of thioether (sulfide) groups is 2. The molecule has 0 saturated heterocycles. The first kappa shape index (κ1) is 21.0. The summed E-state index contributed by atoms with van der Waals surface area (Å²) in [6.07, 6.45) is 1.94. The van der Waals surface area contributed by atoms with E-state index in [1.165, 1.54) is 23.5 Å². The molecule has 0 fully saturated rings. The third-order valence-corrected chi connectivity index (χ3v) is 6.08. The second-order valence-corrected chi connectivity index (χ2v) is 8.10. The summed E-state index contributed by atoms with van der Waals surface area (Å²) in [5.74, 6) is -0.810. The SMILES string of the molecule is CSc1ccccc1NC(=O)COC(=O)[C@H](Sc1ccccc1)c1ccccc1. The van der Waals surface area contributed by atoms with Gasteiger partial charge in [-0.3, -0.25) is 9.59 Å². The van der Waals surface area contributed by atoms with Crippen LogP contribution < -0.4 is 5.32 Å². The summed E-state index contributed by atoms with van der Waals surface area (Å²) in [5, 5.41) is 2.25. The van der Waals surface area contributed by atoms with Crippen molar-refractivity contribution in [1.29, 1.82) is 0 Å². The van der Waals surface area contributed by atoms with Gasteiger partial charge in [0.15, 0.2) is 6.61 Å². The zero-order valence-corrected chi connectivity index (χ0v) is 17.5. The summed E-state index contributed by atoms with van der Waals surface area (Å²) in [6, 6.07) is 26.6. The molecule has 148 valence electrons. The van der Waals surface area contributed by atoms with Crippen LogP contribution in [0.1, 0.15) is 10.8 Å². The summed E-state index contributed by atoms with van der Waals surface area (Å²) in [6.45, 7) is -0.333. The topological polar surface area (TPSA) is 55.4 Å². The number of hydrogen-bond donors (Lipinski definition) is 1. The van der Waals surface area contributed by atoms with Gasteiger partial charge in [0, 0.05) is 9.79 Å². The molecule has 4 nitrogen and oxygen atoms in total. The molecule has 0 radical (unpaired) electrons. The zero-order valence-electron chi connectivity index (χ0n) is 15.9. The molecule has 0 saturated carbocycles. The standard InChI is InChI=1S/C23H21NO3S2/c1-28-20-15-9-8-14-19(20)24-21(25)16-27-23(26)22(17-10-4-2-5-11-17)29-18-12-6-3-7-13-18/h2-15,22H,16H2,1H3,(H,24,25)/t22-/m1/s1. The second-order valence-electron chi connectivity index (χ2n) is 6.08. The molecule has 0 aromatic heterocycles.